The van der Waals surface area contributed by atoms with Crippen LogP contribution in [0.25, 0.3) is 0 Å². The van der Waals surface area contributed by atoms with E-state index in [9.17, 15) is 151 Å². The first-order chi connectivity index (χ1) is 59.7. The van der Waals surface area contributed by atoms with Gasteiger partial charge in [-0.2, -0.15) is 11.8 Å². The second kappa shape index (κ2) is 47.3. The fourth-order valence-corrected chi connectivity index (χ4v) is 18.4. The van der Waals surface area contributed by atoms with Crippen molar-refractivity contribution >= 4 is 59.3 Å². The summed E-state index contributed by atoms with van der Waals surface area (Å²) in [5, 5.41) is 267. The van der Waals surface area contributed by atoms with Crippen molar-refractivity contribution < 1.29 is 217 Å². The van der Waals surface area contributed by atoms with E-state index in [1.807, 2.05) is 11.8 Å². The molecule has 0 saturated carbocycles. The number of hydrogen-bond acceptors (Lipinski definition) is 43. The van der Waals surface area contributed by atoms with Gasteiger partial charge in [0.25, 0.3) is 11.6 Å². The number of fused-ring (bicyclic) bond motifs is 1. The molecule has 29 N–H and O–H groups in total. The van der Waals surface area contributed by atoms with E-state index in [1.165, 1.54) is 0 Å². The molecule has 52 heteroatoms. The van der Waals surface area contributed by atoms with E-state index in [0.717, 1.165) is 65.6 Å². The molecular formula is C74H123N7O44S. The summed E-state index contributed by atoms with van der Waals surface area (Å²) in [6, 6.07) is -7.82. The molecule has 0 spiro atoms. The van der Waals surface area contributed by atoms with Crippen LogP contribution in [0.3, 0.4) is 0 Å². The van der Waals surface area contributed by atoms with Crippen LogP contribution in [-0.4, -0.2) is 468 Å². The molecule has 0 aromatic rings. The van der Waals surface area contributed by atoms with Gasteiger partial charge < -0.3 is 216 Å². The van der Waals surface area contributed by atoms with Gasteiger partial charge in [0.15, 0.2) is 31.5 Å². The lowest BCUT2D eigenvalue weighted by Crippen LogP contribution is -2.73. The quantitative estimate of drug-likeness (QED) is 0.0199. The van der Waals surface area contributed by atoms with Crippen LogP contribution in [0.4, 0.5) is 4.79 Å². The van der Waals surface area contributed by atoms with E-state index >= 15 is 0 Å². The molecule has 0 radical (unpaired) electrons. The first kappa shape index (κ1) is 104. The van der Waals surface area contributed by atoms with Crippen molar-refractivity contribution in [1.82, 2.24) is 37.2 Å². The smallest absolute Gasteiger partial charge is 0.364 e. The molecule has 0 aromatic carbocycles. The number of aliphatic carboxylic acids is 2. The highest BCUT2D eigenvalue weighted by Crippen LogP contribution is 2.44. The van der Waals surface area contributed by atoms with Crippen molar-refractivity contribution in [2.45, 2.75) is 348 Å². The Balaban J connectivity index is 0.983. The second-order valence-electron chi connectivity index (χ2n) is 32.5. The second-order valence-corrected chi connectivity index (χ2v) is 33.8. The Hall–Kier alpha value is -5.45. The van der Waals surface area contributed by atoms with Crippen molar-refractivity contribution in [3.63, 3.8) is 0 Å². The molecule has 51 nitrogen and oxygen atoms in total. The van der Waals surface area contributed by atoms with Gasteiger partial charge in [0, 0.05) is 71.1 Å². The molecule has 9 aliphatic rings. The molecule has 0 aliphatic carbocycles. The molecule has 0 bridgehead atoms. The molecule has 9 saturated heterocycles. The van der Waals surface area contributed by atoms with Gasteiger partial charge in [0.05, 0.1) is 82.6 Å². The predicted molar refractivity (Wildman–Crippen MR) is 411 cm³/mol. The molecule has 9 rings (SSSR count). The Morgan fingerprint density at radius 1 is 0.452 bits per heavy atom. The van der Waals surface area contributed by atoms with Gasteiger partial charge in [-0.1, -0.05) is 32.1 Å². The summed E-state index contributed by atoms with van der Waals surface area (Å²) in [6.07, 6.45) is -66.4. The Kier molecular flexibility index (Phi) is 39.1. The summed E-state index contributed by atoms with van der Waals surface area (Å²) in [4.78, 5) is 104. The maximum atomic E-state index is 14.0. The number of ether oxygens (including phenoxy) is 14. The van der Waals surface area contributed by atoms with Gasteiger partial charge in [-0.25, -0.2) is 14.4 Å². The Bertz CT molecular complexity index is 3510. The summed E-state index contributed by atoms with van der Waals surface area (Å²) in [5.74, 6) is -14.7. The number of carboxylic acids is 2. The summed E-state index contributed by atoms with van der Waals surface area (Å²) in [7, 11) is 0. The van der Waals surface area contributed by atoms with Crippen molar-refractivity contribution in [2.24, 2.45) is 0 Å². The van der Waals surface area contributed by atoms with Gasteiger partial charge >= 0.3 is 18.0 Å². The van der Waals surface area contributed by atoms with Crippen LogP contribution >= 0.6 is 11.8 Å². The van der Waals surface area contributed by atoms with Gasteiger partial charge in [-0.15, -0.1) is 0 Å². The highest BCUT2D eigenvalue weighted by molar-refractivity contribution is 8.00. The minimum atomic E-state index is -3.52. The third-order valence-corrected chi connectivity index (χ3v) is 24.8. The van der Waals surface area contributed by atoms with Crippen LogP contribution in [0.1, 0.15) is 105 Å². The van der Waals surface area contributed by atoms with E-state index in [0.29, 0.717) is 43.9 Å². The number of amides is 7. The van der Waals surface area contributed by atoms with Crippen LogP contribution in [0, 0.1) is 0 Å². The molecule has 9 aliphatic heterocycles. The Morgan fingerprint density at radius 3 is 1.35 bits per heavy atom. The molecule has 724 valence electrons. The maximum Gasteiger partial charge on any atom is 0.364 e. The van der Waals surface area contributed by atoms with Crippen LogP contribution in [-0.2, 0) is 99.9 Å². The van der Waals surface area contributed by atoms with Crippen molar-refractivity contribution in [3.05, 3.63) is 0 Å². The average Bonchev–Trinajstić information content (AvgIpc) is 0.889. The minimum Gasteiger partial charge on any atom is -0.477 e. The van der Waals surface area contributed by atoms with Crippen molar-refractivity contribution in [2.75, 3.05) is 65.2 Å². The zero-order chi connectivity index (χ0) is 92.7. The van der Waals surface area contributed by atoms with Gasteiger partial charge in [0.1, 0.15) is 159 Å². The monoisotopic (exact) mass is 1850 g/mol. The lowest BCUT2D eigenvalue weighted by atomic mass is 9.88. The lowest BCUT2D eigenvalue weighted by Gasteiger charge is -2.53. The van der Waals surface area contributed by atoms with E-state index in [-0.39, 0.29) is 30.6 Å². The van der Waals surface area contributed by atoms with Crippen LogP contribution in [0.2, 0.25) is 0 Å². The van der Waals surface area contributed by atoms with Crippen LogP contribution < -0.4 is 37.2 Å². The highest BCUT2D eigenvalue weighted by Gasteiger charge is 2.65. The number of aliphatic hydroxyl groups excluding tert-OH is 20. The zero-order valence-electron chi connectivity index (χ0n) is 69.2. The molecular weight excluding hydrogens is 1720 g/mol. The Morgan fingerprint density at radius 2 is 0.873 bits per heavy atom. The Labute approximate surface area is 724 Å². The highest BCUT2D eigenvalue weighted by atomic mass is 32.2. The summed E-state index contributed by atoms with van der Waals surface area (Å²) in [6.45, 7) is -4.76. The molecule has 9 heterocycles. The number of carbonyl (C=O) groups is 8. The van der Waals surface area contributed by atoms with E-state index < -0.39 is 321 Å². The van der Waals surface area contributed by atoms with E-state index in [2.05, 4.69) is 37.2 Å². The number of carboxylic acid groups (broad SMARTS) is 2. The topological polar surface area (TPSA) is 795 Å². The number of urea groups is 1. The SMILES string of the molecule is CC(=O)N[C@H]1[C@H](O[C@@H]2[C@H](O[C@@]3(C(=O)O)C[C@H](O)[C@@H](NC(C)=O)[C@H]([C@H](O)[C@H](O)CO)O3)[C@@H](O)[C@H](O[C@H]3[C@@H](O)[C@@H](CO)O[C@@H](O[C@@H]4[C@H](O[C@@]5(C(=O)O)C[C@H](O)[C@@H](NC(C)=O)[C@H]([C@H](O)[C@H](O)CO)O5)[C@@H](O)[C@H](O[C@H]5[C@H](O)[C@@H](O)[C@H](OCCCCCCCCNC(=O)CCCC[C@@H]6SC[C@@H]7NC(=O)N[C@@H]76)O[C@@H]5CO)O[C@@H]4CO)[C@@H]3NC(C)=O)O[C@@H]2CO)O[C@H](CO)[C@H](O)[C@@H]1O. The van der Waals surface area contributed by atoms with Crippen LogP contribution in [0.5, 0.6) is 0 Å². The van der Waals surface area contributed by atoms with Crippen molar-refractivity contribution in [1.29, 1.82) is 0 Å². The predicted octanol–water partition coefficient (Wildman–Crippen LogP) is -14.1. The largest absolute Gasteiger partial charge is 0.477 e. The fraction of sp³-hybridized carbons (Fsp3) is 0.892. The first-order valence-electron chi connectivity index (χ1n) is 41.6. The molecule has 7 amide bonds. The van der Waals surface area contributed by atoms with Gasteiger partial charge in [0.2, 0.25) is 29.5 Å². The van der Waals surface area contributed by atoms with Gasteiger partial charge in [-0.3, -0.25) is 24.0 Å². The number of aliphatic hydroxyl groups is 20. The number of rotatable bonds is 44. The first-order valence-corrected chi connectivity index (χ1v) is 42.6. The standard InChI is InChI=1S/C74H123N7O44S/c1-27(89)76-44-32(93)17-73(70(107)108,122-61(44)48(98)34(95)19-82)124-63-55(105)68(118-57-38(23-86)115-67(54(104)53(57)103)112-16-12-8-6-5-7-11-15-75-42(97)14-10-9-13-41-43-31(26-126-41)80-72(111)81-43)116-40(25-88)59(63)120-66-47(79-30(4)92)60(51(101)37(22-85)114-66)121-69-56(106)64(58(39(24-87)117-69)119-65-46(78-29(3)91)52(102)50(100)36(21-84)113-65)125-74(71(109)110)18-33(94)45(77-28(2)90)62(123-74)49(99)35(96)20-83/h31-41,43-69,82-88,93-96,98-106H,5-26H2,1-4H3,(H,75,97)(H,76,89)(H,77,90)(H,78,91)(H,79,92)(H,107,108)(H,109,110)(H2,80,81,111)/t31-,32-,33-,34+,35+,36+,37+,38+,39+,40+,41-,43-,44+,45+,46+,47+,48+,49+,50-,51-,52+,53+,54+,55+,56+,57+,58-,59-,60+,61+,62+,63+,64+,65-,66-,67+,68-,69-,73+,74+/m0/s1. The van der Waals surface area contributed by atoms with E-state index in [1.54, 1.807) is 0 Å². The number of thioether (sulfide) groups is 1. The number of carbonyl (C=O) groups excluding carboxylic acids is 6. The molecule has 0 unspecified atom stereocenters. The van der Waals surface area contributed by atoms with Crippen molar-refractivity contribution in [3.8, 4) is 0 Å². The van der Waals surface area contributed by atoms with E-state index in [4.69, 9.17) is 66.3 Å². The number of hydrogen-bond donors (Lipinski definition) is 29. The summed E-state index contributed by atoms with van der Waals surface area (Å²) in [5.41, 5.74) is 0. The average molecular weight is 1850 g/mol. The fourth-order valence-electron chi connectivity index (χ4n) is 16.9. The third kappa shape index (κ3) is 25.1. The third-order valence-electron chi connectivity index (χ3n) is 23.3. The van der Waals surface area contributed by atoms with Crippen LogP contribution in [0.15, 0.2) is 0 Å². The minimum absolute atomic E-state index is 0.0554. The number of nitrogens with one attached hydrogen (secondary N) is 7. The maximum absolute atomic E-state index is 14.0. The summed E-state index contributed by atoms with van der Waals surface area (Å²) >= 11 is 1.81. The normalized spacial score (nSPS) is 41.1. The lowest BCUT2D eigenvalue weighted by molar-refractivity contribution is -0.408. The zero-order valence-corrected chi connectivity index (χ0v) is 70.0. The molecule has 40 atom stereocenters. The van der Waals surface area contributed by atoms with Gasteiger partial charge in [-0.05, 0) is 25.7 Å². The summed E-state index contributed by atoms with van der Waals surface area (Å²) < 4.78 is 84.9. The molecule has 0 aromatic heterocycles. The number of unbranched alkanes of at least 4 members (excludes halogenated alkanes) is 6. The molecule has 126 heavy (non-hydrogen) atoms. The molecule has 9 fully saturated rings.